The molecule has 190 valence electrons. The van der Waals surface area contributed by atoms with Gasteiger partial charge in [-0.15, -0.1) is 22.0 Å². The molecule has 5 rings (SSSR count). The van der Waals surface area contributed by atoms with Crippen LogP contribution in [0, 0.1) is 0 Å². The molecule has 0 amide bonds. The van der Waals surface area contributed by atoms with E-state index in [9.17, 15) is 0 Å². The van der Waals surface area contributed by atoms with Crippen LogP contribution in [0.3, 0.4) is 0 Å². The highest BCUT2D eigenvalue weighted by atomic mass is 35.5. The third-order valence-corrected chi connectivity index (χ3v) is 7.84. The average molecular weight is 532 g/mol. The lowest BCUT2D eigenvalue weighted by Gasteiger charge is -2.12. The zero-order valence-electron chi connectivity index (χ0n) is 20.8. The van der Waals surface area contributed by atoms with E-state index in [1.54, 1.807) is 11.8 Å². The number of tetrazole rings is 1. The van der Waals surface area contributed by atoms with Gasteiger partial charge >= 0.3 is 0 Å². The van der Waals surface area contributed by atoms with Gasteiger partial charge in [-0.25, -0.2) is 0 Å². The smallest absolute Gasteiger partial charge is 0.178 e. The molecule has 2 aromatic heterocycles. The molecule has 5 aromatic rings. The number of fused-ring (bicyclic) bond motifs is 1. The van der Waals surface area contributed by atoms with Crippen molar-refractivity contribution in [2.45, 2.75) is 43.9 Å². The molecule has 0 saturated carbocycles. The van der Waals surface area contributed by atoms with Gasteiger partial charge in [0, 0.05) is 33.5 Å². The number of aromatic amines is 2. The molecule has 0 aliphatic heterocycles. The highest BCUT2D eigenvalue weighted by Gasteiger charge is 2.12. The second-order valence-corrected chi connectivity index (χ2v) is 10.5. The van der Waals surface area contributed by atoms with Gasteiger partial charge in [-0.3, -0.25) is 0 Å². The third-order valence-electron chi connectivity index (χ3n) is 6.26. The number of benzene rings is 3. The van der Waals surface area contributed by atoms with Crippen LogP contribution in [-0.4, -0.2) is 38.0 Å². The van der Waals surface area contributed by atoms with Crippen LogP contribution in [0.5, 0.6) is 5.75 Å². The van der Waals surface area contributed by atoms with Gasteiger partial charge in [0.2, 0.25) is 0 Å². The number of ether oxygens (including phenoxy) is 1. The van der Waals surface area contributed by atoms with Crippen LogP contribution in [0.1, 0.15) is 43.1 Å². The summed E-state index contributed by atoms with van der Waals surface area (Å²) in [5, 5.41) is 16.1. The highest BCUT2D eigenvalue weighted by molar-refractivity contribution is 7.99. The Labute approximate surface area is 226 Å². The summed E-state index contributed by atoms with van der Waals surface area (Å²) < 4.78 is 6.29. The molecule has 0 spiro atoms. The van der Waals surface area contributed by atoms with E-state index in [0.717, 1.165) is 63.9 Å². The molecule has 6 nitrogen and oxygen atoms in total. The van der Waals surface area contributed by atoms with Crippen molar-refractivity contribution >= 4 is 34.3 Å². The fourth-order valence-electron chi connectivity index (χ4n) is 4.44. The van der Waals surface area contributed by atoms with E-state index >= 15 is 0 Å². The topological polar surface area (TPSA) is 79.5 Å². The van der Waals surface area contributed by atoms with Gasteiger partial charge in [0.05, 0.1) is 11.6 Å². The van der Waals surface area contributed by atoms with Gasteiger partial charge in [0.1, 0.15) is 5.75 Å². The number of H-pyrrole nitrogens is 2. The number of halogens is 1. The summed E-state index contributed by atoms with van der Waals surface area (Å²) in [5.41, 5.74) is 5.86. The predicted molar refractivity (Wildman–Crippen MR) is 152 cm³/mol. The van der Waals surface area contributed by atoms with E-state index in [4.69, 9.17) is 16.3 Å². The molecule has 0 fully saturated rings. The minimum absolute atomic E-state index is 0.612. The van der Waals surface area contributed by atoms with Gasteiger partial charge in [-0.1, -0.05) is 66.6 Å². The number of unbranched alkanes of at least 4 members (excludes halogenated alkanes) is 1. The minimum Gasteiger partial charge on any atom is -0.493 e. The van der Waals surface area contributed by atoms with Gasteiger partial charge < -0.3 is 9.72 Å². The van der Waals surface area contributed by atoms with Crippen molar-refractivity contribution in [3.8, 4) is 17.0 Å². The number of aryl methyl sites for hydroxylation is 1. The lowest BCUT2D eigenvalue weighted by atomic mass is 10.0. The van der Waals surface area contributed by atoms with Gasteiger partial charge in [-0.05, 0) is 66.5 Å². The molecular weight excluding hydrogens is 502 g/mol. The first-order valence-corrected chi connectivity index (χ1v) is 14.0. The molecule has 3 aromatic carbocycles. The SMILES string of the molecule is CCCc1c(OCCCCSc2ccc(Cc3nn[nH]n3)cc2Cl)ccc2[nH]c(-c3ccccc3)cc12. The minimum atomic E-state index is 0.612. The second-order valence-electron chi connectivity index (χ2n) is 8.98. The summed E-state index contributed by atoms with van der Waals surface area (Å²) in [4.78, 5) is 4.67. The summed E-state index contributed by atoms with van der Waals surface area (Å²) in [6.45, 7) is 2.92. The Kier molecular flexibility index (Phi) is 8.43. The number of thioether (sulfide) groups is 1. The van der Waals surface area contributed by atoms with E-state index in [1.165, 1.54) is 16.5 Å². The van der Waals surface area contributed by atoms with Crippen molar-refractivity contribution in [2.24, 2.45) is 0 Å². The van der Waals surface area contributed by atoms with Crippen molar-refractivity contribution in [1.29, 1.82) is 0 Å². The Morgan fingerprint density at radius 1 is 1.00 bits per heavy atom. The first-order chi connectivity index (χ1) is 18.2. The van der Waals surface area contributed by atoms with Gasteiger partial charge in [0.15, 0.2) is 5.82 Å². The molecule has 0 radical (unpaired) electrons. The number of hydrogen-bond acceptors (Lipinski definition) is 5. The van der Waals surface area contributed by atoms with E-state index in [0.29, 0.717) is 18.9 Å². The van der Waals surface area contributed by atoms with Crippen LogP contribution in [-0.2, 0) is 12.8 Å². The summed E-state index contributed by atoms with van der Waals surface area (Å²) in [7, 11) is 0. The molecule has 0 saturated heterocycles. The molecule has 2 N–H and O–H groups in total. The van der Waals surface area contributed by atoms with Crippen molar-refractivity contribution < 1.29 is 4.74 Å². The Morgan fingerprint density at radius 2 is 1.89 bits per heavy atom. The second kappa shape index (κ2) is 12.3. The third kappa shape index (κ3) is 6.35. The van der Waals surface area contributed by atoms with Gasteiger partial charge in [-0.2, -0.15) is 5.21 Å². The van der Waals surface area contributed by atoms with Crippen molar-refractivity contribution in [3.05, 3.63) is 88.7 Å². The number of hydrogen-bond donors (Lipinski definition) is 2. The molecule has 0 bridgehead atoms. The molecule has 8 heteroatoms. The zero-order valence-corrected chi connectivity index (χ0v) is 22.4. The molecule has 0 aliphatic rings. The zero-order chi connectivity index (χ0) is 25.5. The number of nitrogens with one attached hydrogen (secondary N) is 2. The molecule has 0 aliphatic carbocycles. The van der Waals surface area contributed by atoms with Crippen molar-refractivity contribution in [2.75, 3.05) is 12.4 Å². The molecule has 2 heterocycles. The maximum Gasteiger partial charge on any atom is 0.178 e. The summed E-state index contributed by atoms with van der Waals surface area (Å²) in [5.74, 6) is 2.65. The quantitative estimate of drug-likeness (QED) is 0.129. The first-order valence-electron chi connectivity index (χ1n) is 12.7. The summed E-state index contributed by atoms with van der Waals surface area (Å²) >= 11 is 8.30. The van der Waals surface area contributed by atoms with Crippen molar-refractivity contribution in [1.82, 2.24) is 25.6 Å². The fraction of sp³-hybridized carbons (Fsp3) is 0.276. The fourth-order valence-corrected chi connectivity index (χ4v) is 5.74. The van der Waals surface area contributed by atoms with E-state index in [1.807, 2.05) is 12.1 Å². The highest BCUT2D eigenvalue weighted by Crippen LogP contribution is 2.33. The van der Waals surface area contributed by atoms with Crippen LogP contribution >= 0.6 is 23.4 Å². The maximum absolute atomic E-state index is 6.51. The van der Waals surface area contributed by atoms with E-state index < -0.39 is 0 Å². The average Bonchev–Trinajstić information content (AvgIpc) is 3.59. The molecule has 37 heavy (non-hydrogen) atoms. The van der Waals surface area contributed by atoms with Crippen LogP contribution in [0.25, 0.3) is 22.2 Å². The standard InChI is InChI=1S/C29H30ClN5OS/c1-2-8-22-23-19-26(21-9-4-3-5-10-21)31-25(23)12-13-27(22)36-15-6-7-16-37-28-14-11-20(17-24(28)30)18-29-32-34-35-33-29/h3-5,9-14,17,19,31H,2,6-8,15-16,18H2,1H3,(H,32,33,34,35). The first kappa shape index (κ1) is 25.4. The normalized spacial score (nSPS) is 11.3. The van der Waals surface area contributed by atoms with Gasteiger partial charge in [0.25, 0.3) is 0 Å². The maximum atomic E-state index is 6.51. The number of rotatable bonds is 12. The van der Waals surface area contributed by atoms with Crippen LogP contribution in [0.15, 0.2) is 71.6 Å². The molecule has 0 unspecified atom stereocenters. The molecule has 0 atom stereocenters. The van der Waals surface area contributed by atoms with Crippen LogP contribution in [0.4, 0.5) is 0 Å². The number of nitrogens with zero attached hydrogens (tertiary/aromatic N) is 3. The monoisotopic (exact) mass is 531 g/mol. The summed E-state index contributed by atoms with van der Waals surface area (Å²) in [6.07, 6.45) is 4.73. The Morgan fingerprint density at radius 3 is 2.68 bits per heavy atom. The van der Waals surface area contributed by atoms with Crippen LogP contribution in [0.2, 0.25) is 5.02 Å². The Balaban J connectivity index is 1.14. The van der Waals surface area contributed by atoms with Crippen molar-refractivity contribution in [3.63, 3.8) is 0 Å². The lowest BCUT2D eigenvalue weighted by Crippen LogP contribution is -2.01. The van der Waals surface area contributed by atoms with E-state index in [2.05, 4.69) is 87.1 Å². The Hall–Kier alpha value is -3.29. The van der Waals surface area contributed by atoms with E-state index in [-0.39, 0.29) is 0 Å². The molecular formula is C29H30ClN5OS. The largest absolute Gasteiger partial charge is 0.493 e. The summed E-state index contributed by atoms with van der Waals surface area (Å²) in [6, 6.07) is 23.1. The predicted octanol–water partition coefficient (Wildman–Crippen LogP) is 7.50. The van der Waals surface area contributed by atoms with Crippen LogP contribution < -0.4 is 4.74 Å². The lowest BCUT2D eigenvalue weighted by molar-refractivity contribution is 0.307. The number of aromatic nitrogens is 5. The Bertz CT molecular complexity index is 1440.